The molecule has 2 N–H and O–H groups in total. The van der Waals surface area contributed by atoms with Gasteiger partial charge in [0, 0.05) is 13.1 Å². The smallest absolute Gasteiger partial charge is 0.0233 e. The van der Waals surface area contributed by atoms with E-state index < -0.39 is 0 Å². The van der Waals surface area contributed by atoms with Gasteiger partial charge in [-0.2, -0.15) is 0 Å². The maximum Gasteiger partial charge on any atom is 0.0233 e. The fourth-order valence-electron chi connectivity index (χ4n) is 4.54. The fourth-order valence-corrected chi connectivity index (χ4v) is 4.54. The lowest BCUT2D eigenvalue weighted by Gasteiger charge is -2.33. The van der Waals surface area contributed by atoms with Crippen LogP contribution in [0.4, 0.5) is 0 Å². The number of piperidine rings is 1. The summed E-state index contributed by atoms with van der Waals surface area (Å²) in [5.41, 5.74) is 7.88. The van der Waals surface area contributed by atoms with Crippen molar-refractivity contribution in [1.82, 2.24) is 4.90 Å². The molecule has 0 bridgehead atoms. The Morgan fingerprint density at radius 1 is 1.25 bits per heavy atom. The summed E-state index contributed by atoms with van der Waals surface area (Å²) >= 11 is 0. The van der Waals surface area contributed by atoms with Crippen LogP contribution in [0.5, 0.6) is 0 Å². The zero-order valence-corrected chi connectivity index (χ0v) is 12.9. The summed E-state index contributed by atoms with van der Waals surface area (Å²) in [4.78, 5) is 2.64. The molecule has 2 nitrogen and oxygen atoms in total. The van der Waals surface area contributed by atoms with E-state index in [0.717, 1.165) is 30.8 Å². The molecule has 1 saturated carbocycles. The van der Waals surface area contributed by atoms with E-state index >= 15 is 0 Å². The van der Waals surface area contributed by atoms with Crippen molar-refractivity contribution in [2.24, 2.45) is 28.9 Å². The first kappa shape index (κ1) is 14.1. The van der Waals surface area contributed by atoms with Crippen LogP contribution >= 0.6 is 0 Å². The minimum absolute atomic E-state index is 0.481. The van der Waals surface area contributed by atoms with Gasteiger partial charge in [-0.25, -0.2) is 0 Å². The zero-order valence-electron chi connectivity index (χ0n) is 12.9. The Morgan fingerprint density at radius 3 is 2.65 bits per heavy atom. The van der Waals surface area contributed by atoms with Crippen molar-refractivity contribution in [2.75, 3.05) is 19.6 Å². The van der Waals surface area contributed by atoms with Crippen LogP contribution in [0.25, 0.3) is 0 Å². The molecule has 1 saturated heterocycles. The van der Waals surface area contributed by atoms with E-state index in [4.69, 9.17) is 5.73 Å². The van der Waals surface area contributed by atoms with Crippen LogP contribution in [0.3, 0.4) is 0 Å². The van der Waals surface area contributed by atoms with Gasteiger partial charge < -0.3 is 5.73 Å². The topological polar surface area (TPSA) is 29.3 Å². The first-order valence-corrected chi connectivity index (χ1v) is 8.09. The second kappa shape index (κ2) is 5.50. The summed E-state index contributed by atoms with van der Waals surface area (Å²) in [6.45, 7) is 9.31. The van der Waals surface area contributed by atoms with Crippen LogP contribution in [0.1, 0.15) is 32.3 Å². The maximum absolute atomic E-state index is 5.95. The third-order valence-electron chi connectivity index (χ3n) is 5.69. The van der Waals surface area contributed by atoms with E-state index in [9.17, 15) is 0 Å². The zero-order chi connectivity index (χ0) is 14.2. The molecular weight excluding hydrogens is 244 g/mol. The normalized spacial score (nSPS) is 33.0. The highest BCUT2D eigenvalue weighted by Gasteiger charge is 2.59. The van der Waals surface area contributed by atoms with E-state index in [1.54, 1.807) is 0 Å². The highest BCUT2D eigenvalue weighted by Crippen LogP contribution is 2.62. The largest absolute Gasteiger partial charge is 0.330 e. The third kappa shape index (κ3) is 2.64. The van der Waals surface area contributed by atoms with Crippen molar-refractivity contribution >= 4 is 0 Å². The Labute approximate surface area is 123 Å². The number of rotatable bonds is 4. The molecule has 1 aromatic rings. The SMILES string of the molecule is CC1(C)C(CN)C1C1CCCN(Cc2ccccc2)C1. The van der Waals surface area contributed by atoms with Crippen LogP contribution in [0, 0.1) is 23.2 Å². The number of nitrogens with two attached hydrogens (primary N) is 1. The highest BCUT2D eigenvalue weighted by molar-refractivity contribution is 5.15. The molecule has 1 heterocycles. The summed E-state index contributed by atoms with van der Waals surface area (Å²) in [6.07, 6.45) is 2.75. The molecule has 2 aliphatic rings. The molecule has 20 heavy (non-hydrogen) atoms. The quantitative estimate of drug-likeness (QED) is 0.912. The lowest BCUT2D eigenvalue weighted by atomic mass is 9.89. The number of hydrogen-bond donors (Lipinski definition) is 1. The second-order valence-corrected chi connectivity index (χ2v) is 7.31. The Morgan fingerprint density at radius 2 is 2.00 bits per heavy atom. The predicted octanol–water partition coefficient (Wildman–Crippen LogP) is 3.13. The number of hydrogen-bond acceptors (Lipinski definition) is 2. The average molecular weight is 272 g/mol. The minimum Gasteiger partial charge on any atom is -0.330 e. The summed E-state index contributed by atoms with van der Waals surface area (Å²) in [7, 11) is 0. The summed E-state index contributed by atoms with van der Waals surface area (Å²) in [6, 6.07) is 10.9. The van der Waals surface area contributed by atoms with Crippen molar-refractivity contribution < 1.29 is 0 Å². The Hall–Kier alpha value is -0.860. The monoisotopic (exact) mass is 272 g/mol. The molecule has 1 aliphatic heterocycles. The van der Waals surface area contributed by atoms with Gasteiger partial charge in [-0.1, -0.05) is 44.2 Å². The molecule has 1 aliphatic carbocycles. The van der Waals surface area contributed by atoms with Gasteiger partial charge in [0.2, 0.25) is 0 Å². The maximum atomic E-state index is 5.95. The van der Waals surface area contributed by atoms with E-state index in [1.807, 2.05) is 0 Å². The summed E-state index contributed by atoms with van der Waals surface area (Å²) in [5.74, 6) is 2.46. The van der Waals surface area contributed by atoms with Gasteiger partial charge in [-0.15, -0.1) is 0 Å². The Bertz CT molecular complexity index is 440. The number of likely N-dealkylation sites (tertiary alicyclic amines) is 1. The molecule has 3 unspecified atom stereocenters. The van der Waals surface area contributed by atoms with Gasteiger partial charge in [0.05, 0.1) is 0 Å². The predicted molar refractivity (Wildman–Crippen MR) is 84.3 cm³/mol. The van der Waals surface area contributed by atoms with Crippen molar-refractivity contribution in [3.05, 3.63) is 35.9 Å². The van der Waals surface area contributed by atoms with E-state index in [2.05, 4.69) is 49.1 Å². The van der Waals surface area contributed by atoms with Crippen LogP contribution in [-0.4, -0.2) is 24.5 Å². The molecule has 0 radical (unpaired) electrons. The first-order chi connectivity index (χ1) is 9.63. The second-order valence-electron chi connectivity index (χ2n) is 7.31. The summed E-state index contributed by atoms with van der Waals surface area (Å²) < 4.78 is 0. The Kier molecular flexibility index (Phi) is 3.87. The highest BCUT2D eigenvalue weighted by atomic mass is 15.1. The van der Waals surface area contributed by atoms with Gasteiger partial charge in [0.15, 0.2) is 0 Å². The lowest BCUT2D eigenvalue weighted by Crippen LogP contribution is -2.36. The fraction of sp³-hybridized carbons (Fsp3) is 0.667. The molecule has 0 spiro atoms. The minimum atomic E-state index is 0.481. The Balaban J connectivity index is 1.60. The van der Waals surface area contributed by atoms with Crippen LogP contribution in [-0.2, 0) is 6.54 Å². The molecular formula is C18H28N2. The van der Waals surface area contributed by atoms with Crippen LogP contribution < -0.4 is 5.73 Å². The van der Waals surface area contributed by atoms with E-state index in [-0.39, 0.29) is 0 Å². The van der Waals surface area contributed by atoms with E-state index in [1.165, 1.54) is 31.5 Å². The summed E-state index contributed by atoms with van der Waals surface area (Å²) in [5, 5.41) is 0. The number of nitrogens with zero attached hydrogens (tertiary/aromatic N) is 1. The van der Waals surface area contributed by atoms with Gasteiger partial charge in [-0.05, 0) is 54.7 Å². The molecule has 3 atom stereocenters. The van der Waals surface area contributed by atoms with Crippen LogP contribution in [0.15, 0.2) is 30.3 Å². The van der Waals surface area contributed by atoms with E-state index in [0.29, 0.717) is 5.41 Å². The van der Waals surface area contributed by atoms with Gasteiger partial charge >= 0.3 is 0 Å². The van der Waals surface area contributed by atoms with Crippen molar-refractivity contribution in [3.8, 4) is 0 Å². The van der Waals surface area contributed by atoms with Gasteiger partial charge in [0.1, 0.15) is 0 Å². The van der Waals surface area contributed by atoms with Crippen molar-refractivity contribution in [2.45, 2.75) is 33.2 Å². The first-order valence-electron chi connectivity index (χ1n) is 8.09. The molecule has 0 aromatic heterocycles. The van der Waals surface area contributed by atoms with Gasteiger partial charge in [0.25, 0.3) is 0 Å². The van der Waals surface area contributed by atoms with Crippen LogP contribution in [0.2, 0.25) is 0 Å². The molecule has 110 valence electrons. The van der Waals surface area contributed by atoms with Crippen molar-refractivity contribution in [1.29, 1.82) is 0 Å². The van der Waals surface area contributed by atoms with Crippen molar-refractivity contribution in [3.63, 3.8) is 0 Å². The molecule has 1 aromatic carbocycles. The number of benzene rings is 1. The molecule has 3 rings (SSSR count). The molecule has 0 amide bonds. The molecule has 2 fully saturated rings. The molecule has 2 heteroatoms. The third-order valence-corrected chi connectivity index (χ3v) is 5.69. The standard InChI is InChI=1S/C18H28N2/c1-18(2)16(11-19)17(18)15-9-6-10-20(13-15)12-14-7-4-3-5-8-14/h3-5,7-8,15-17H,6,9-13,19H2,1-2H3. The lowest BCUT2D eigenvalue weighted by molar-refractivity contribution is 0.144. The average Bonchev–Trinajstić information content (AvgIpc) is 3.02. The van der Waals surface area contributed by atoms with Gasteiger partial charge in [-0.3, -0.25) is 4.90 Å².